The molecule has 1 aromatic carbocycles. The number of hydrogen-bond donors (Lipinski definition) is 1. The predicted octanol–water partition coefficient (Wildman–Crippen LogP) is 3.71. The molecule has 5 nitrogen and oxygen atoms in total. The number of nitrogens with zero attached hydrogens (tertiary/aromatic N) is 4. The zero-order valence-electron chi connectivity index (χ0n) is 14.9. The highest BCUT2D eigenvalue weighted by atomic mass is 16.2. The third-order valence-electron chi connectivity index (χ3n) is 4.74. The molecule has 27 heavy (non-hydrogen) atoms. The average Bonchev–Trinajstić information content (AvgIpc) is 3.02. The number of aliphatic hydroxyl groups is 1. The maximum absolute atomic E-state index is 9.66. The first-order valence-corrected chi connectivity index (χ1v) is 8.72. The van der Waals surface area contributed by atoms with Crippen molar-refractivity contribution in [1.82, 2.24) is 14.5 Å². The van der Waals surface area contributed by atoms with Crippen molar-refractivity contribution in [2.24, 2.45) is 7.05 Å². The second-order valence-electron chi connectivity index (χ2n) is 6.37. The molecule has 3 heterocycles. The molecule has 4 aromatic rings. The maximum Gasteiger partial charge on any atom is 0.142 e. The minimum Gasteiger partial charge on any atom is -0.396 e. The Bertz CT molecular complexity index is 1160. The van der Waals surface area contributed by atoms with Gasteiger partial charge in [0.25, 0.3) is 0 Å². The van der Waals surface area contributed by atoms with Gasteiger partial charge in [-0.3, -0.25) is 4.98 Å². The number of aromatic nitrogens is 3. The SMILES string of the molecule is Cn1c(-c2cccc(CCO)c2)c(-c2cccnc2)c2c(C#N)ccnc21. The Balaban J connectivity index is 2.11. The largest absolute Gasteiger partial charge is 0.396 e. The lowest BCUT2D eigenvalue weighted by Crippen LogP contribution is -1.96. The lowest BCUT2D eigenvalue weighted by molar-refractivity contribution is 0.299. The van der Waals surface area contributed by atoms with Crippen LogP contribution in [-0.4, -0.2) is 26.2 Å². The zero-order chi connectivity index (χ0) is 18.8. The monoisotopic (exact) mass is 354 g/mol. The fraction of sp³-hybridized carbons (Fsp3) is 0.136. The summed E-state index contributed by atoms with van der Waals surface area (Å²) in [4.78, 5) is 8.80. The molecule has 0 aliphatic heterocycles. The van der Waals surface area contributed by atoms with E-state index < -0.39 is 0 Å². The third kappa shape index (κ3) is 2.86. The molecule has 0 saturated heterocycles. The van der Waals surface area contributed by atoms with Gasteiger partial charge in [-0.05, 0) is 35.7 Å². The second kappa shape index (κ2) is 7.02. The van der Waals surface area contributed by atoms with Gasteiger partial charge in [-0.1, -0.05) is 24.3 Å². The van der Waals surface area contributed by atoms with Crippen LogP contribution in [0.5, 0.6) is 0 Å². The number of fused-ring (bicyclic) bond motifs is 1. The maximum atomic E-state index is 9.66. The van der Waals surface area contributed by atoms with Crippen LogP contribution >= 0.6 is 0 Å². The Hall–Kier alpha value is -3.49. The highest BCUT2D eigenvalue weighted by Crippen LogP contribution is 2.40. The zero-order valence-corrected chi connectivity index (χ0v) is 14.9. The van der Waals surface area contributed by atoms with E-state index in [0.717, 1.165) is 39.0 Å². The molecule has 0 atom stereocenters. The van der Waals surface area contributed by atoms with Crippen molar-refractivity contribution >= 4 is 11.0 Å². The Morgan fingerprint density at radius 2 is 1.96 bits per heavy atom. The van der Waals surface area contributed by atoms with Crippen molar-refractivity contribution in [3.63, 3.8) is 0 Å². The molecule has 3 aromatic heterocycles. The molecule has 0 radical (unpaired) electrons. The number of benzene rings is 1. The fourth-order valence-corrected chi connectivity index (χ4v) is 3.57. The first kappa shape index (κ1) is 17.0. The standard InChI is InChI=1S/C22H18N4O/c1-26-21(16-5-2-4-15(12-16)8-11-27)19(18-6-3-9-24-14-18)20-17(13-23)7-10-25-22(20)26/h2-7,9-10,12,14,27H,8,11H2,1H3. The molecular weight excluding hydrogens is 336 g/mol. The first-order valence-electron chi connectivity index (χ1n) is 8.72. The van der Waals surface area contributed by atoms with Gasteiger partial charge in [-0.25, -0.2) is 4.98 Å². The molecule has 0 fully saturated rings. The molecule has 0 unspecified atom stereocenters. The predicted molar refractivity (Wildman–Crippen MR) is 105 cm³/mol. The highest BCUT2D eigenvalue weighted by molar-refractivity contribution is 6.05. The minimum absolute atomic E-state index is 0.105. The van der Waals surface area contributed by atoms with E-state index in [0.29, 0.717) is 12.0 Å². The van der Waals surface area contributed by atoms with Gasteiger partial charge in [0, 0.05) is 48.8 Å². The third-order valence-corrected chi connectivity index (χ3v) is 4.74. The van der Waals surface area contributed by atoms with Gasteiger partial charge in [0.15, 0.2) is 0 Å². The number of rotatable bonds is 4. The Kier molecular flexibility index (Phi) is 4.41. The summed E-state index contributed by atoms with van der Waals surface area (Å²) in [5, 5.41) is 19.8. The van der Waals surface area contributed by atoms with Crippen LogP contribution in [-0.2, 0) is 13.5 Å². The average molecular weight is 354 g/mol. The summed E-state index contributed by atoms with van der Waals surface area (Å²) >= 11 is 0. The number of aryl methyl sites for hydroxylation is 1. The summed E-state index contributed by atoms with van der Waals surface area (Å²) in [6.45, 7) is 0.105. The Morgan fingerprint density at radius 3 is 2.70 bits per heavy atom. The van der Waals surface area contributed by atoms with Crippen molar-refractivity contribution < 1.29 is 5.11 Å². The van der Waals surface area contributed by atoms with E-state index in [2.05, 4.69) is 22.1 Å². The van der Waals surface area contributed by atoms with E-state index in [1.54, 1.807) is 18.5 Å². The minimum atomic E-state index is 0.105. The summed E-state index contributed by atoms with van der Waals surface area (Å²) in [5.74, 6) is 0. The topological polar surface area (TPSA) is 74.7 Å². The molecule has 132 valence electrons. The van der Waals surface area contributed by atoms with E-state index in [1.165, 1.54) is 0 Å². The number of aliphatic hydroxyl groups excluding tert-OH is 1. The second-order valence-corrected chi connectivity index (χ2v) is 6.37. The van der Waals surface area contributed by atoms with Gasteiger partial charge in [-0.15, -0.1) is 0 Å². The summed E-state index contributed by atoms with van der Waals surface area (Å²) in [6, 6.07) is 16.0. The number of pyridine rings is 2. The van der Waals surface area contributed by atoms with E-state index in [4.69, 9.17) is 0 Å². The van der Waals surface area contributed by atoms with Crippen LogP contribution in [0.4, 0.5) is 0 Å². The summed E-state index contributed by atoms with van der Waals surface area (Å²) in [7, 11) is 1.96. The highest BCUT2D eigenvalue weighted by Gasteiger charge is 2.21. The molecule has 5 heteroatoms. The molecular formula is C22H18N4O. The molecule has 0 spiro atoms. The molecule has 4 rings (SSSR count). The lowest BCUT2D eigenvalue weighted by atomic mass is 9.97. The quantitative estimate of drug-likeness (QED) is 0.606. The van der Waals surface area contributed by atoms with Gasteiger partial charge in [-0.2, -0.15) is 5.26 Å². The van der Waals surface area contributed by atoms with E-state index >= 15 is 0 Å². The van der Waals surface area contributed by atoms with Crippen molar-refractivity contribution in [2.45, 2.75) is 6.42 Å². The van der Waals surface area contributed by atoms with E-state index in [1.807, 2.05) is 48.1 Å². The van der Waals surface area contributed by atoms with Gasteiger partial charge in [0.1, 0.15) is 5.65 Å². The molecule has 0 saturated carbocycles. The number of nitriles is 1. The van der Waals surface area contributed by atoms with Crippen LogP contribution in [0.15, 0.2) is 61.1 Å². The van der Waals surface area contributed by atoms with E-state index in [9.17, 15) is 10.4 Å². The summed E-state index contributed by atoms with van der Waals surface area (Å²) in [5.41, 5.74) is 6.30. The fourth-order valence-electron chi connectivity index (χ4n) is 3.57. The van der Waals surface area contributed by atoms with Gasteiger partial charge in [0.2, 0.25) is 0 Å². The molecule has 0 aliphatic carbocycles. The summed E-state index contributed by atoms with van der Waals surface area (Å²) < 4.78 is 2.02. The van der Waals surface area contributed by atoms with Crippen molar-refractivity contribution in [2.75, 3.05) is 6.61 Å². The van der Waals surface area contributed by atoms with Crippen LogP contribution in [0, 0.1) is 11.3 Å². The van der Waals surface area contributed by atoms with E-state index in [-0.39, 0.29) is 6.61 Å². The molecule has 1 N–H and O–H groups in total. The Morgan fingerprint density at radius 1 is 1.11 bits per heavy atom. The van der Waals surface area contributed by atoms with Crippen LogP contribution in [0.1, 0.15) is 11.1 Å². The molecule has 0 bridgehead atoms. The lowest BCUT2D eigenvalue weighted by Gasteiger charge is -2.10. The molecule has 0 amide bonds. The van der Waals surface area contributed by atoms with Gasteiger partial charge in [0.05, 0.1) is 17.3 Å². The number of hydrogen-bond acceptors (Lipinski definition) is 4. The van der Waals surface area contributed by atoms with Crippen LogP contribution in [0.3, 0.4) is 0 Å². The van der Waals surface area contributed by atoms with Gasteiger partial charge >= 0.3 is 0 Å². The summed E-state index contributed by atoms with van der Waals surface area (Å²) in [6.07, 6.45) is 5.81. The van der Waals surface area contributed by atoms with Crippen LogP contribution < -0.4 is 0 Å². The first-order chi connectivity index (χ1) is 13.2. The Labute approximate surface area is 157 Å². The van der Waals surface area contributed by atoms with Crippen molar-refractivity contribution in [3.8, 4) is 28.5 Å². The smallest absolute Gasteiger partial charge is 0.142 e. The van der Waals surface area contributed by atoms with Gasteiger partial charge < -0.3 is 9.67 Å². The van der Waals surface area contributed by atoms with Crippen molar-refractivity contribution in [1.29, 1.82) is 5.26 Å². The molecule has 0 aliphatic rings. The normalized spacial score (nSPS) is 10.9. The van der Waals surface area contributed by atoms with Crippen LogP contribution in [0.25, 0.3) is 33.4 Å². The van der Waals surface area contributed by atoms with Crippen LogP contribution in [0.2, 0.25) is 0 Å². The van der Waals surface area contributed by atoms with Crippen molar-refractivity contribution in [3.05, 3.63) is 72.2 Å².